The second-order valence-corrected chi connectivity index (χ2v) is 3.47. The van der Waals surface area contributed by atoms with Crippen LogP contribution in [0, 0.1) is 0 Å². The lowest BCUT2D eigenvalue weighted by Crippen LogP contribution is -2.27. The highest BCUT2D eigenvalue weighted by Gasteiger charge is 2.21. The van der Waals surface area contributed by atoms with Gasteiger partial charge in [-0.05, 0) is 6.92 Å². The van der Waals surface area contributed by atoms with Crippen molar-refractivity contribution >= 4 is 17.4 Å². The molecule has 0 unspecified atom stereocenters. The molecule has 1 aliphatic heterocycles. The number of rotatable bonds is 3. The topological polar surface area (TPSA) is 96.4 Å². The van der Waals surface area contributed by atoms with E-state index in [1.54, 1.807) is 6.92 Å². The van der Waals surface area contributed by atoms with E-state index in [4.69, 9.17) is 9.84 Å². The molecule has 0 radical (unpaired) electrons. The van der Waals surface area contributed by atoms with Gasteiger partial charge in [-0.1, -0.05) is 0 Å². The van der Waals surface area contributed by atoms with Gasteiger partial charge in [-0.2, -0.15) is 4.98 Å². The monoisotopic (exact) mass is 224 g/mol. The van der Waals surface area contributed by atoms with Gasteiger partial charge in [-0.3, -0.25) is 4.79 Å². The molecule has 0 aromatic carbocycles. The van der Waals surface area contributed by atoms with Gasteiger partial charge in [0.05, 0.1) is 6.10 Å². The van der Waals surface area contributed by atoms with Crippen molar-refractivity contribution in [2.75, 3.05) is 23.8 Å². The molecule has 0 bridgehead atoms. The number of nitrogens with zero attached hydrogens (tertiary/aromatic N) is 2. The zero-order chi connectivity index (χ0) is 11.5. The molecule has 0 spiro atoms. The summed E-state index contributed by atoms with van der Waals surface area (Å²) >= 11 is 0. The summed E-state index contributed by atoms with van der Waals surface area (Å²) in [6.07, 6.45) is 0.826. The Hall–Kier alpha value is -1.89. The summed E-state index contributed by atoms with van der Waals surface area (Å²) in [5.41, 5.74) is 0.416. The van der Waals surface area contributed by atoms with Crippen molar-refractivity contribution in [3.63, 3.8) is 0 Å². The van der Waals surface area contributed by atoms with E-state index in [2.05, 4.69) is 20.6 Å². The summed E-state index contributed by atoms with van der Waals surface area (Å²) in [4.78, 5) is 19.0. The van der Waals surface area contributed by atoms with Crippen molar-refractivity contribution in [3.05, 3.63) is 6.33 Å². The lowest BCUT2D eigenvalue weighted by Gasteiger charge is -2.19. The number of carbonyl (C=O) groups is 1. The van der Waals surface area contributed by atoms with Crippen LogP contribution in [0.5, 0.6) is 5.88 Å². The Morgan fingerprint density at radius 3 is 3.25 bits per heavy atom. The summed E-state index contributed by atoms with van der Waals surface area (Å²) in [6.45, 7) is 1.94. The van der Waals surface area contributed by atoms with Crippen molar-refractivity contribution in [3.8, 4) is 5.88 Å². The molecular weight excluding hydrogens is 212 g/mol. The number of anilines is 2. The molecule has 0 saturated carbocycles. The molecule has 1 aliphatic rings. The van der Waals surface area contributed by atoms with Gasteiger partial charge in [-0.15, -0.1) is 0 Å². The highest BCUT2D eigenvalue weighted by molar-refractivity contribution is 5.97. The fraction of sp³-hybridized carbons (Fsp3) is 0.444. The van der Waals surface area contributed by atoms with E-state index in [1.807, 2.05) is 0 Å². The number of carbonyl (C=O) groups excluding carboxylic acids is 1. The number of aromatic nitrogens is 2. The average Bonchev–Trinajstić information content (AvgIpc) is 2.26. The molecule has 86 valence electrons. The number of nitrogens with one attached hydrogen (secondary N) is 2. The maximum atomic E-state index is 11.1. The molecule has 16 heavy (non-hydrogen) atoms. The van der Waals surface area contributed by atoms with Gasteiger partial charge in [0.15, 0.2) is 12.4 Å². The van der Waals surface area contributed by atoms with Crippen molar-refractivity contribution in [1.29, 1.82) is 0 Å². The van der Waals surface area contributed by atoms with Gasteiger partial charge in [0.1, 0.15) is 12.0 Å². The van der Waals surface area contributed by atoms with Crippen LogP contribution in [0.3, 0.4) is 0 Å². The van der Waals surface area contributed by atoms with Gasteiger partial charge in [0.2, 0.25) is 5.88 Å². The molecule has 7 heteroatoms. The third-order valence-corrected chi connectivity index (χ3v) is 1.98. The Morgan fingerprint density at radius 1 is 1.69 bits per heavy atom. The summed E-state index contributed by atoms with van der Waals surface area (Å²) in [6, 6.07) is 0. The van der Waals surface area contributed by atoms with Crippen molar-refractivity contribution < 1.29 is 14.6 Å². The Kier molecular flexibility index (Phi) is 2.86. The van der Waals surface area contributed by atoms with Gasteiger partial charge in [-0.25, -0.2) is 4.98 Å². The zero-order valence-electron chi connectivity index (χ0n) is 8.73. The number of amides is 1. The van der Waals surface area contributed by atoms with Crippen LogP contribution in [0.2, 0.25) is 0 Å². The molecular formula is C9H12N4O3. The Labute approximate surface area is 91.9 Å². The third kappa shape index (κ3) is 2.19. The minimum absolute atomic E-state index is 0.0418. The van der Waals surface area contributed by atoms with Gasteiger partial charge >= 0.3 is 0 Å². The summed E-state index contributed by atoms with van der Waals surface area (Å²) in [7, 11) is 0. The van der Waals surface area contributed by atoms with Crippen LogP contribution in [0.1, 0.15) is 6.92 Å². The minimum atomic E-state index is -0.508. The molecule has 1 aromatic heterocycles. The maximum Gasteiger partial charge on any atom is 0.262 e. The number of ether oxygens (including phenoxy) is 1. The highest BCUT2D eigenvalue weighted by atomic mass is 16.5. The molecule has 1 atom stereocenters. The van der Waals surface area contributed by atoms with Crippen LogP contribution >= 0.6 is 0 Å². The Morgan fingerprint density at radius 2 is 2.50 bits per heavy atom. The maximum absolute atomic E-state index is 11.1. The second-order valence-electron chi connectivity index (χ2n) is 3.47. The standard InChI is InChI=1S/C9H12N4O3/c1-5(14)2-10-8-7-9(12-4-11-8)16-3-6(15)13-7/h4-5,14H,2-3H2,1H3,(H,13,15)(H,10,11,12)/t5-/m0/s1. The van der Waals surface area contributed by atoms with Crippen LogP contribution < -0.4 is 15.4 Å². The Balaban J connectivity index is 2.21. The first-order valence-electron chi connectivity index (χ1n) is 4.86. The molecule has 1 amide bonds. The smallest absolute Gasteiger partial charge is 0.262 e. The van der Waals surface area contributed by atoms with E-state index in [0.29, 0.717) is 23.9 Å². The SMILES string of the molecule is C[C@H](O)CNc1ncnc2c1NC(=O)CO2. The van der Waals surface area contributed by atoms with E-state index in [-0.39, 0.29) is 12.5 Å². The van der Waals surface area contributed by atoms with Crippen molar-refractivity contribution in [2.24, 2.45) is 0 Å². The lowest BCUT2D eigenvalue weighted by atomic mass is 10.3. The van der Waals surface area contributed by atoms with Crippen LogP contribution in [0.15, 0.2) is 6.33 Å². The molecule has 7 nitrogen and oxygen atoms in total. The fourth-order valence-electron chi connectivity index (χ4n) is 1.28. The second kappa shape index (κ2) is 4.31. The van der Waals surface area contributed by atoms with E-state index in [0.717, 1.165) is 0 Å². The fourth-order valence-corrected chi connectivity index (χ4v) is 1.28. The zero-order valence-corrected chi connectivity index (χ0v) is 8.73. The largest absolute Gasteiger partial charge is 0.466 e. The summed E-state index contributed by atoms with van der Waals surface area (Å²) < 4.78 is 5.12. The van der Waals surface area contributed by atoms with Gasteiger partial charge in [0, 0.05) is 6.54 Å². The van der Waals surface area contributed by atoms with Crippen molar-refractivity contribution in [1.82, 2.24) is 9.97 Å². The molecule has 1 aromatic rings. The van der Waals surface area contributed by atoms with Crippen LogP contribution in [0.25, 0.3) is 0 Å². The highest BCUT2D eigenvalue weighted by Crippen LogP contribution is 2.30. The van der Waals surface area contributed by atoms with Crippen LogP contribution in [0.4, 0.5) is 11.5 Å². The number of aliphatic hydroxyl groups excluding tert-OH is 1. The molecule has 0 fully saturated rings. The molecule has 2 rings (SSSR count). The number of hydrogen-bond acceptors (Lipinski definition) is 6. The first-order chi connectivity index (χ1) is 7.66. The summed E-state index contributed by atoms with van der Waals surface area (Å²) in [5.74, 6) is 0.532. The predicted molar refractivity (Wildman–Crippen MR) is 56.3 cm³/mol. The van der Waals surface area contributed by atoms with Gasteiger partial charge < -0.3 is 20.5 Å². The first-order valence-corrected chi connectivity index (χ1v) is 4.86. The van der Waals surface area contributed by atoms with Gasteiger partial charge in [0.25, 0.3) is 5.91 Å². The van der Waals surface area contributed by atoms with E-state index >= 15 is 0 Å². The van der Waals surface area contributed by atoms with E-state index in [1.165, 1.54) is 6.33 Å². The molecule has 0 saturated heterocycles. The van der Waals surface area contributed by atoms with Crippen molar-refractivity contribution in [2.45, 2.75) is 13.0 Å². The number of hydrogen-bond donors (Lipinski definition) is 3. The molecule has 3 N–H and O–H groups in total. The molecule has 0 aliphatic carbocycles. The lowest BCUT2D eigenvalue weighted by molar-refractivity contribution is -0.118. The Bertz CT molecular complexity index is 408. The average molecular weight is 224 g/mol. The van der Waals surface area contributed by atoms with Crippen LogP contribution in [-0.4, -0.2) is 40.2 Å². The van der Waals surface area contributed by atoms with E-state index < -0.39 is 6.10 Å². The van der Waals surface area contributed by atoms with Crippen LogP contribution in [-0.2, 0) is 4.79 Å². The normalized spacial score (nSPS) is 15.8. The van der Waals surface area contributed by atoms with E-state index in [9.17, 15) is 4.79 Å². The number of aliphatic hydroxyl groups is 1. The number of fused-ring (bicyclic) bond motifs is 1. The summed E-state index contributed by atoms with van der Waals surface area (Å²) in [5, 5.41) is 14.7. The predicted octanol–water partition coefficient (Wildman–Crippen LogP) is -0.400. The quantitative estimate of drug-likeness (QED) is 0.646. The third-order valence-electron chi connectivity index (χ3n) is 1.98. The molecule has 2 heterocycles. The first kappa shape index (κ1) is 10.6. The minimum Gasteiger partial charge on any atom is -0.466 e.